The monoisotopic (exact) mass is 270 g/mol. The molecule has 0 bridgehead atoms. The molecule has 2 aromatic heterocycles. The van der Waals surface area contributed by atoms with Gasteiger partial charge in [-0.2, -0.15) is 0 Å². The third-order valence-electron chi connectivity index (χ3n) is 2.93. The zero-order valence-corrected chi connectivity index (χ0v) is 11.4. The van der Waals surface area contributed by atoms with Gasteiger partial charge in [0, 0.05) is 30.1 Å². The Hall–Kier alpha value is -1.85. The van der Waals surface area contributed by atoms with Crippen LogP contribution in [0.25, 0.3) is 21.5 Å². The summed E-state index contributed by atoms with van der Waals surface area (Å²) in [6.45, 7) is 0.922. The van der Waals surface area contributed by atoms with Crippen LogP contribution in [0.15, 0.2) is 36.5 Å². The maximum atomic E-state index is 4.37. The molecule has 0 saturated heterocycles. The standard InChI is InChI=1S/C14H14N4S/c1-15-9-7-13-17-18-14(19-13)11-4-2-6-12-10(11)5-3-8-16-12/h2-6,8,15H,7,9H2,1H3. The Morgan fingerprint density at radius 3 is 3.00 bits per heavy atom. The topological polar surface area (TPSA) is 50.7 Å². The number of likely N-dealkylation sites (N-methyl/N-ethyl adjacent to an activating group) is 1. The van der Waals surface area contributed by atoms with E-state index in [1.807, 2.05) is 31.4 Å². The Labute approximate surface area is 115 Å². The molecule has 0 spiro atoms. The van der Waals surface area contributed by atoms with E-state index in [1.165, 1.54) is 0 Å². The van der Waals surface area contributed by atoms with Crippen LogP contribution in [0.3, 0.4) is 0 Å². The molecule has 0 atom stereocenters. The van der Waals surface area contributed by atoms with E-state index in [1.54, 1.807) is 11.3 Å². The van der Waals surface area contributed by atoms with Crippen molar-refractivity contribution < 1.29 is 0 Å². The maximum absolute atomic E-state index is 4.37. The Balaban J connectivity index is 2.02. The highest BCUT2D eigenvalue weighted by atomic mass is 32.1. The average Bonchev–Trinajstić information content (AvgIpc) is 2.93. The van der Waals surface area contributed by atoms with Gasteiger partial charge < -0.3 is 5.32 Å². The van der Waals surface area contributed by atoms with E-state index in [4.69, 9.17) is 0 Å². The summed E-state index contributed by atoms with van der Waals surface area (Å²) >= 11 is 1.65. The number of nitrogens with one attached hydrogen (secondary N) is 1. The quantitative estimate of drug-likeness (QED) is 0.791. The molecule has 0 aliphatic rings. The lowest BCUT2D eigenvalue weighted by Crippen LogP contribution is -2.09. The molecule has 1 N–H and O–H groups in total. The minimum absolute atomic E-state index is 0.914. The summed E-state index contributed by atoms with van der Waals surface area (Å²) in [5.74, 6) is 0. The fraction of sp³-hybridized carbons (Fsp3) is 0.214. The fourth-order valence-corrected chi connectivity index (χ4v) is 2.86. The number of fused-ring (bicyclic) bond motifs is 1. The molecule has 2 heterocycles. The number of hydrogen-bond donors (Lipinski definition) is 1. The third-order valence-corrected chi connectivity index (χ3v) is 3.95. The first-order chi connectivity index (χ1) is 9.38. The van der Waals surface area contributed by atoms with Crippen molar-refractivity contribution in [3.8, 4) is 10.6 Å². The zero-order chi connectivity index (χ0) is 13.1. The lowest BCUT2D eigenvalue weighted by molar-refractivity contribution is 0.779. The summed E-state index contributed by atoms with van der Waals surface area (Å²) in [6, 6.07) is 10.1. The van der Waals surface area contributed by atoms with Crippen molar-refractivity contribution in [3.63, 3.8) is 0 Å². The largest absolute Gasteiger partial charge is 0.319 e. The lowest BCUT2D eigenvalue weighted by atomic mass is 10.1. The highest BCUT2D eigenvalue weighted by Gasteiger charge is 2.09. The van der Waals surface area contributed by atoms with Gasteiger partial charge in [0.05, 0.1) is 5.52 Å². The smallest absolute Gasteiger partial charge is 0.148 e. The number of hydrogen-bond acceptors (Lipinski definition) is 5. The minimum Gasteiger partial charge on any atom is -0.319 e. The Morgan fingerprint density at radius 1 is 1.16 bits per heavy atom. The molecule has 3 aromatic rings. The fourth-order valence-electron chi connectivity index (χ4n) is 1.99. The number of pyridine rings is 1. The molecule has 3 rings (SSSR count). The van der Waals surface area contributed by atoms with Crippen LogP contribution in [0, 0.1) is 0 Å². The molecule has 0 aliphatic heterocycles. The van der Waals surface area contributed by atoms with Crippen molar-refractivity contribution >= 4 is 22.2 Å². The van der Waals surface area contributed by atoms with Crippen LogP contribution in [0.2, 0.25) is 0 Å². The molecular weight excluding hydrogens is 256 g/mol. The Kier molecular flexibility index (Phi) is 3.48. The molecule has 0 unspecified atom stereocenters. The molecule has 5 heteroatoms. The predicted octanol–water partition coefficient (Wildman–Crippen LogP) is 2.52. The number of nitrogens with zero attached hydrogens (tertiary/aromatic N) is 3. The van der Waals surface area contributed by atoms with Crippen LogP contribution < -0.4 is 5.32 Å². The van der Waals surface area contributed by atoms with Crippen LogP contribution in [0.1, 0.15) is 5.01 Å². The van der Waals surface area contributed by atoms with Gasteiger partial charge in [0.1, 0.15) is 10.0 Å². The molecular formula is C14H14N4S. The summed E-state index contributed by atoms with van der Waals surface area (Å²) in [4.78, 5) is 4.37. The number of aromatic nitrogens is 3. The average molecular weight is 270 g/mol. The van der Waals surface area contributed by atoms with Crippen LogP contribution in [0.4, 0.5) is 0 Å². The first-order valence-corrected chi connectivity index (χ1v) is 7.01. The first kappa shape index (κ1) is 12.2. The van der Waals surface area contributed by atoms with Crippen molar-refractivity contribution in [1.29, 1.82) is 0 Å². The molecule has 0 saturated carbocycles. The van der Waals surface area contributed by atoms with Crippen molar-refractivity contribution in [3.05, 3.63) is 41.5 Å². The van der Waals surface area contributed by atoms with E-state index < -0.39 is 0 Å². The van der Waals surface area contributed by atoms with Crippen LogP contribution >= 0.6 is 11.3 Å². The Bertz CT molecular complexity index is 687. The summed E-state index contributed by atoms with van der Waals surface area (Å²) < 4.78 is 0. The SMILES string of the molecule is CNCCc1nnc(-c2cccc3ncccc23)s1. The van der Waals surface area contributed by atoms with Gasteiger partial charge in [0.15, 0.2) is 0 Å². The van der Waals surface area contributed by atoms with Gasteiger partial charge in [-0.05, 0) is 19.2 Å². The first-order valence-electron chi connectivity index (χ1n) is 6.19. The lowest BCUT2D eigenvalue weighted by Gasteiger charge is -2.01. The van der Waals surface area contributed by atoms with E-state index in [2.05, 4.69) is 32.6 Å². The highest BCUT2D eigenvalue weighted by molar-refractivity contribution is 7.14. The van der Waals surface area contributed by atoms with Gasteiger partial charge >= 0.3 is 0 Å². The highest BCUT2D eigenvalue weighted by Crippen LogP contribution is 2.29. The van der Waals surface area contributed by atoms with E-state index in [0.717, 1.165) is 39.4 Å². The summed E-state index contributed by atoms with van der Waals surface area (Å²) in [6.07, 6.45) is 2.72. The van der Waals surface area contributed by atoms with Gasteiger partial charge in [-0.3, -0.25) is 4.98 Å². The van der Waals surface area contributed by atoms with Crippen LogP contribution in [-0.4, -0.2) is 28.8 Å². The molecule has 1 aromatic carbocycles. The molecule has 0 amide bonds. The Morgan fingerprint density at radius 2 is 2.11 bits per heavy atom. The molecule has 19 heavy (non-hydrogen) atoms. The van der Waals surface area contributed by atoms with Gasteiger partial charge in [-0.1, -0.05) is 29.5 Å². The molecule has 4 nitrogen and oxygen atoms in total. The second-order valence-corrected chi connectivity index (χ2v) is 5.29. The molecule has 96 valence electrons. The minimum atomic E-state index is 0.914. The molecule has 0 fully saturated rings. The number of rotatable bonds is 4. The van der Waals surface area contributed by atoms with Crippen molar-refractivity contribution in [2.75, 3.05) is 13.6 Å². The predicted molar refractivity (Wildman–Crippen MR) is 78.3 cm³/mol. The van der Waals surface area contributed by atoms with E-state index >= 15 is 0 Å². The van der Waals surface area contributed by atoms with E-state index in [9.17, 15) is 0 Å². The second-order valence-electron chi connectivity index (χ2n) is 4.23. The van der Waals surface area contributed by atoms with Crippen LogP contribution in [0.5, 0.6) is 0 Å². The van der Waals surface area contributed by atoms with Gasteiger partial charge in [-0.15, -0.1) is 10.2 Å². The molecule has 0 aliphatic carbocycles. The van der Waals surface area contributed by atoms with Gasteiger partial charge in [0.2, 0.25) is 0 Å². The van der Waals surface area contributed by atoms with Crippen LogP contribution in [-0.2, 0) is 6.42 Å². The third kappa shape index (κ3) is 2.47. The van der Waals surface area contributed by atoms with Gasteiger partial charge in [-0.25, -0.2) is 0 Å². The van der Waals surface area contributed by atoms with Crippen molar-refractivity contribution in [2.45, 2.75) is 6.42 Å². The van der Waals surface area contributed by atoms with Crippen molar-refractivity contribution in [2.24, 2.45) is 0 Å². The normalized spacial score (nSPS) is 11.0. The summed E-state index contributed by atoms with van der Waals surface area (Å²) in [5, 5.41) is 14.8. The summed E-state index contributed by atoms with van der Waals surface area (Å²) in [7, 11) is 1.94. The number of benzene rings is 1. The van der Waals surface area contributed by atoms with Gasteiger partial charge in [0.25, 0.3) is 0 Å². The molecule has 0 radical (unpaired) electrons. The van der Waals surface area contributed by atoms with Crippen molar-refractivity contribution in [1.82, 2.24) is 20.5 Å². The van der Waals surface area contributed by atoms with E-state index in [-0.39, 0.29) is 0 Å². The summed E-state index contributed by atoms with van der Waals surface area (Å²) in [5.41, 5.74) is 2.10. The zero-order valence-electron chi connectivity index (χ0n) is 10.6. The van der Waals surface area contributed by atoms with E-state index in [0.29, 0.717) is 0 Å². The second kappa shape index (κ2) is 5.42. The maximum Gasteiger partial charge on any atom is 0.148 e.